The largest absolute Gasteiger partial charge is 0.377 e. The number of hydrogen-bond acceptors (Lipinski definition) is 4. The second-order valence-corrected chi connectivity index (χ2v) is 12.9. The maximum atomic E-state index is 2.42. The molecule has 2 aromatic heterocycles. The van der Waals surface area contributed by atoms with Crippen molar-refractivity contribution in [3.63, 3.8) is 0 Å². The van der Waals surface area contributed by atoms with Gasteiger partial charge in [0, 0.05) is 74.3 Å². The minimum atomic E-state index is 1.04. The first kappa shape index (κ1) is 29.8. The zero-order valence-corrected chi connectivity index (χ0v) is 25.9. The van der Waals surface area contributed by atoms with Gasteiger partial charge in [0.15, 0.2) is 24.8 Å². The summed E-state index contributed by atoms with van der Waals surface area (Å²) in [6.45, 7) is 2.12. The fourth-order valence-corrected chi connectivity index (χ4v) is 6.41. The van der Waals surface area contributed by atoms with Crippen LogP contribution in [0.2, 0.25) is 0 Å². The molecule has 4 rings (SSSR count). The highest BCUT2D eigenvalue weighted by Crippen LogP contribution is 2.25. The van der Waals surface area contributed by atoms with Gasteiger partial charge in [-0.2, -0.15) is 0 Å². The van der Waals surface area contributed by atoms with Crippen molar-refractivity contribution in [2.45, 2.75) is 12.8 Å². The lowest BCUT2D eigenvalue weighted by molar-refractivity contribution is -0.671. The Balaban J connectivity index is 1.11. The Hall–Kier alpha value is -3.22. The number of benzene rings is 1. The van der Waals surface area contributed by atoms with Gasteiger partial charge in [-0.15, -0.1) is 0 Å². The van der Waals surface area contributed by atoms with Crippen LogP contribution in [0.3, 0.4) is 0 Å². The van der Waals surface area contributed by atoms with Crippen LogP contribution < -0.4 is 14.0 Å². The summed E-state index contributed by atoms with van der Waals surface area (Å²) in [6, 6.07) is 17.4. The quantitative estimate of drug-likeness (QED) is 0.131. The van der Waals surface area contributed by atoms with Gasteiger partial charge in [-0.25, -0.2) is 9.13 Å². The van der Waals surface area contributed by atoms with E-state index in [1.165, 1.54) is 33.6 Å². The van der Waals surface area contributed by atoms with Crippen LogP contribution in [0.4, 0.5) is 5.69 Å². The van der Waals surface area contributed by atoms with E-state index in [-0.39, 0.29) is 0 Å². The van der Waals surface area contributed by atoms with Gasteiger partial charge < -0.3 is 9.80 Å². The smallest absolute Gasteiger partial charge is 0.169 e. The Labute approximate surface area is 248 Å². The molecule has 0 fully saturated rings. The fourth-order valence-electron chi connectivity index (χ4n) is 4.32. The molecule has 1 aromatic carbocycles. The monoisotopic (exact) mass is 570 g/mol. The molecule has 0 spiro atoms. The minimum absolute atomic E-state index is 1.04. The maximum absolute atomic E-state index is 2.42. The summed E-state index contributed by atoms with van der Waals surface area (Å²) in [6.07, 6.45) is 23.9. The summed E-state index contributed by atoms with van der Waals surface area (Å²) < 4.78 is 4.11. The highest BCUT2D eigenvalue weighted by atomic mass is 33.1. The Morgan fingerprint density at radius 3 is 1.65 bits per heavy atom. The first-order valence-corrected chi connectivity index (χ1v) is 16.4. The van der Waals surface area contributed by atoms with Gasteiger partial charge >= 0.3 is 0 Å². The molecule has 0 saturated heterocycles. The van der Waals surface area contributed by atoms with Crippen LogP contribution in [-0.4, -0.2) is 43.6 Å². The van der Waals surface area contributed by atoms with E-state index in [0.29, 0.717) is 0 Å². The van der Waals surface area contributed by atoms with Gasteiger partial charge in [-0.3, -0.25) is 0 Å². The molecule has 3 aromatic rings. The van der Waals surface area contributed by atoms with Crippen LogP contribution in [0.25, 0.3) is 18.2 Å². The lowest BCUT2D eigenvalue weighted by Gasteiger charge is -2.24. The lowest BCUT2D eigenvalue weighted by Crippen LogP contribution is -2.25. The zero-order chi connectivity index (χ0) is 28.2. The van der Waals surface area contributed by atoms with Crippen molar-refractivity contribution in [3.8, 4) is 0 Å². The van der Waals surface area contributed by atoms with Crippen LogP contribution >= 0.6 is 21.6 Å². The number of rotatable bonds is 13. The van der Waals surface area contributed by atoms with Gasteiger partial charge in [-0.05, 0) is 53.3 Å². The molecule has 0 bridgehead atoms. The third-order valence-corrected chi connectivity index (χ3v) is 9.42. The number of nitrogens with zero attached hydrogens (tertiary/aromatic N) is 4. The molecule has 0 N–H and O–H groups in total. The van der Waals surface area contributed by atoms with E-state index in [1.807, 2.05) is 40.3 Å². The van der Waals surface area contributed by atoms with Crippen LogP contribution in [-0.2, 0) is 14.1 Å². The molecule has 0 amide bonds. The van der Waals surface area contributed by atoms with Crippen molar-refractivity contribution in [2.75, 3.05) is 43.6 Å². The average molecular weight is 571 g/mol. The Morgan fingerprint density at radius 1 is 0.625 bits per heavy atom. The van der Waals surface area contributed by atoms with Crippen LogP contribution in [0, 0.1) is 0 Å². The Kier molecular flexibility index (Phi) is 11.6. The highest BCUT2D eigenvalue weighted by Gasteiger charge is 2.09. The van der Waals surface area contributed by atoms with E-state index < -0.39 is 0 Å². The molecule has 2 heterocycles. The molecule has 1 aliphatic rings. The van der Waals surface area contributed by atoms with E-state index in [0.717, 1.165) is 37.4 Å². The second kappa shape index (κ2) is 15.5. The molecular formula is C34H42N4S2+2. The standard InChI is InChI=1S/C34H42N4S2/c1-35-21-17-31(18-22-35)7-5-29-9-13-33(14-10-29)37(3)25-27-39-40-28-26-38(4)34-15-11-30(12-16-34)6-8-32-19-23-36(2)24-20-32/h5-11,13-15,17-24H,12,16,25-28H2,1-4H3/q+2. The molecule has 0 radical (unpaired) electrons. The lowest BCUT2D eigenvalue weighted by atomic mass is 10.0. The Morgan fingerprint density at radius 2 is 1.12 bits per heavy atom. The second-order valence-electron chi connectivity index (χ2n) is 10.2. The number of pyridine rings is 2. The Bertz CT molecular complexity index is 1320. The van der Waals surface area contributed by atoms with Crippen molar-refractivity contribution >= 4 is 45.5 Å². The van der Waals surface area contributed by atoms with E-state index in [1.54, 1.807) is 0 Å². The predicted molar refractivity (Wildman–Crippen MR) is 176 cm³/mol. The van der Waals surface area contributed by atoms with Crippen LogP contribution in [0.1, 0.15) is 29.5 Å². The number of aryl methyl sites for hydroxylation is 2. The predicted octanol–water partition coefficient (Wildman–Crippen LogP) is 6.57. The van der Waals surface area contributed by atoms with Crippen molar-refractivity contribution in [3.05, 3.63) is 120 Å². The number of hydrogen-bond donors (Lipinski definition) is 0. The van der Waals surface area contributed by atoms with Crippen molar-refractivity contribution < 1.29 is 9.13 Å². The first-order valence-electron chi connectivity index (χ1n) is 13.9. The maximum Gasteiger partial charge on any atom is 0.169 e. The molecule has 0 unspecified atom stereocenters. The third kappa shape index (κ3) is 9.76. The van der Waals surface area contributed by atoms with Gasteiger partial charge in [0.2, 0.25) is 0 Å². The average Bonchev–Trinajstić information content (AvgIpc) is 2.98. The summed E-state index contributed by atoms with van der Waals surface area (Å²) >= 11 is 0. The number of allylic oxidation sites excluding steroid dienone is 5. The van der Waals surface area contributed by atoms with Gasteiger partial charge in [0.25, 0.3) is 0 Å². The van der Waals surface area contributed by atoms with Crippen molar-refractivity contribution in [1.29, 1.82) is 0 Å². The van der Waals surface area contributed by atoms with E-state index in [9.17, 15) is 0 Å². The van der Waals surface area contributed by atoms with Crippen LogP contribution in [0.15, 0.2) is 103 Å². The topological polar surface area (TPSA) is 14.2 Å². The summed E-state index contributed by atoms with van der Waals surface area (Å²) in [4.78, 5) is 4.76. The highest BCUT2D eigenvalue weighted by molar-refractivity contribution is 8.76. The third-order valence-electron chi connectivity index (χ3n) is 7.05. The van der Waals surface area contributed by atoms with Gasteiger partial charge in [-0.1, -0.05) is 64.1 Å². The zero-order valence-electron chi connectivity index (χ0n) is 24.2. The molecular weight excluding hydrogens is 529 g/mol. The van der Waals surface area contributed by atoms with Crippen LogP contribution in [0.5, 0.6) is 0 Å². The van der Waals surface area contributed by atoms with E-state index >= 15 is 0 Å². The molecule has 4 nitrogen and oxygen atoms in total. The molecule has 6 heteroatoms. The van der Waals surface area contributed by atoms with Crippen molar-refractivity contribution in [2.24, 2.45) is 14.1 Å². The van der Waals surface area contributed by atoms with E-state index in [4.69, 9.17) is 0 Å². The normalized spacial score (nSPS) is 13.5. The molecule has 0 saturated carbocycles. The van der Waals surface area contributed by atoms with Gasteiger partial charge in [0.05, 0.1) is 0 Å². The minimum Gasteiger partial charge on any atom is -0.377 e. The molecule has 40 heavy (non-hydrogen) atoms. The number of anilines is 1. The summed E-state index contributed by atoms with van der Waals surface area (Å²) in [5.74, 6) is 2.24. The molecule has 0 atom stereocenters. The first-order chi connectivity index (χ1) is 19.5. The fraction of sp³-hybridized carbons (Fsp3) is 0.294. The summed E-state index contributed by atoms with van der Waals surface area (Å²) in [5.41, 5.74) is 7.77. The molecule has 1 aliphatic carbocycles. The SMILES string of the molecule is CN(CCSSCCN(C)c1ccc(/C=C/c2cc[n+](C)cc2)cc1)C1=CC=C(/C=C/c2cc[n+](C)cc2)CC1. The number of aromatic nitrogens is 2. The summed E-state index contributed by atoms with van der Waals surface area (Å²) in [5, 5.41) is 0. The van der Waals surface area contributed by atoms with E-state index in [2.05, 4.69) is 138 Å². The molecule has 0 aliphatic heterocycles. The molecule has 208 valence electrons. The summed E-state index contributed by atoms with van der Waals surface area (Å²) in [7, 11) is 12.4. The van der Waals surface area contributed by atoms with Gasteiger partial charge in [0.1, 0.15) is 14.1 Å². The van der Waals surface area contributed by atoms with Crippen molar-refractivity contribution in [1.82, 2.24) is 4.90 Å².